The van der Waals surface area contributed by atoms with Crippen molar-refractivity contribution in [3.05, 3.63) is 50.0 Å². The number of hydrogen-bond donors (Lipinski definition) is 3. The van der Waals surface area contributed by atoms with Gasteiger partial charge in [-0.2, -0.15) is 0 Å². The van der Waals surface area contributed by atoms with E-state index in [2.05, 4.69) is 21.2 Å². The molecule has 8 heteroatoms. The van der Waals surface area contributed by atoms with Crippen LogP contribution in [0.2, 0.25) is 0 Å². The standard InChI is InChI=1S/C15H17N5O2S/c1-10(12-13(21)20-9-5-8-16-15(20)23-12)18-19-14(22)17-11-6-3-2-4-7-11/h2-4,6-7,18H,5,8-9H2,1H3,(H2,17,19,22)/b12-10-. The molecule has 0 saturated heterocycles. The van der Waals surface area contributed by atoms with Crippen molar-refractivity contribution >= 4 is 28.8 Å². The molecule has 2 aromatic rings. The lowest BCUT2D eigenvalue weighted by atomic mass is 10.3. The fraction of sp³-hybridized carbons (Fsp3) is 0.267. The maximum atomic E-state index is 12.3. The number of carbonyl (C=O) groups is 1. The molecule has 23 heavy (non-hydrogen) atoms. The topological polar surface area (TPSA) is 87.5 Å². The third-order valence-corrected chi connectivity index (χ3v) is 4.60. The average molecular weight is 331 g/mol. The second kappa shape index (κ2) is 6.66. The summed E-state index contributed by atoms with van der Waals surface area (Å²) in [5, 5.41) is 2.69. The molecule has 1 aliphatic rings. The number of carbonyl (C=O) groups excluding carboxylic acids is 1. The Bertz CT molecular complexity index is 885. The molecular weight excluding hydrogens is 314 g/mol. The van der Waals surface area contributed by atoms with Crippen molar-refractivity contribution in [3.63, 3.8) is 0 Å². The number of hydrazine groups is 1. The average Bonchev–Trinajstić information content (AvgIpc) is 2.91. The van der Waals surface area contributed by atoms with Gasteiger partial charge in [-0.25, -0.2) is 4.79 Å². The first-order chi connectivity index (χ1) is 11.1. The van der Waals surface area contributed by atoms with Gasteiger partial charge < -0.3 is 5.32 Å². The summed E-state index contributed by atoms with van der Waals surface area (Å²) in [6, 6.07) is 8.72. The lowest BCUT2D eigenvalue weighted by molar-refractivity contribution is 0.250. The Kier molecular flexibility index (Phi) is 4.42. The predicted octanol–water partition coefficient (Wildman–Crippen LogP) is 0.387. The fourth-order valence-corrected chi connectivity index (χ4v) is 3.27. The molecule has 0 fully saturated rings. The van der Waals surface area contributed by atoms with Crippen LogP contribution in [-0.2, 0) is 6.54 Å². The van der Waals surface area contributed by atoms with Crippen molar-refractivity contribution < 1.29 is 4.79 Å². The molecule has 1 aliphatic heterocycles. The summed E-state index contributed by atoms with van der Waals surface area (Å²) >= 11 is 1.34. The van der Waals surface area contributed by atoms with E-state index in [0.717, 1.165) is 17.8 Å². The number of hydrogen-bond acceptors (Lipinski definition) is 5. The maximum Gasteiger partial charge on any atom is 0.337 e. The summed E-state index contributed by atoms with van der Waals surface area (Å²) in [5.41, 5.74) is 6.53. The Morgan fingerprint density at radius 1 is 1.26 bits per heavy atom. The van der Waals surface area contributed by atoms with Crippen molar-refractivity contribution in [2.75, 3.05) is 11.9 Å². The van der Waals surface area contributed by atoms with Gasteiger partial charge in [0, 0.05) is 18.8 Å². The van der Waals surface area contributed by atoms with Crippen molar-refractivity contribution in [2.24, 2.45) is 4.99 Å². The minimum Gasteiger partial charge on any atom is -0.307 e. The molecule has 0 spiro atoms. The molecule has 0 atom stereocenters. The normalized spacial score (nSPS) is 14.3. The molecule has 120 valence electrons. The first-order valence-corrected chi connectivity index (χ1v) is 8.10. The number of rotatable bonds is 3. The molecule has 0 saturated carbocycles. The minimum atomic E-state index is -0.401. The SMILES string of the molecule is C/C(NNC(=O)Nc1ccccc1)=c1/sc2n(c1=O)CCCN=2. The number of fused-ring (bicyclic) bond motifs is 1. The highest BCUT2D eigenvalue weighted by atomic mass is 32.1. The van der Waals surface area contributed by atoms with Crippen LogP contribution in [0, 0.1) is 0 Å². The van der Waals surface area contributed by atoms with Gasteiger partial charge in [-0.1, -0.05) is 29.5 Å². The van der Waals surface area contributed by atoms with E-state index in [1.807, 2.05) is 18.2 Å². The zero-order valence-electron chi connectivity index (χ0n) is 12.6. The first-order valence-electron chi connectivity index (χ1n) is 7.28. The molecule has 3 rings (SSSR count). The van der Waals surface area contributed by atoms with E-state index in [4.69, 9.17) is 0 Å². The number of nitrogens with one attached hydrogen (secondary N) is 3. The summed E-state index contributed by atoms with van der Waals surface area (Å²) in [6.45, 7) is 3.20. The Balaban J connectivity index is 1.72. The lowest BCUT2D eigenvalue weighted by Gasteiger charge is -2.09. The molecule has 2 heterocycles. The number of thiazole rings is 1. The van der Waals surface area contributed by atoms with Crippen LogP contribution in [0.25, 0.3) is 5.70 Å². The molecule has 0 radical (unpaired) electrons. The van der Waals surface area contributed by atoms with E-state index >= 15 is 0 Å². The van der Waals surface area contributed by atoms with E-state index in [9.17, 15) is 9.59 Å². The maximum absolute atomic E-state index is 12.3. The molecule has 1 aromatic heterocycles. The third kappa shape index (κ3) is 3.42. The van der Waals surface area contributed by atoms with E-state index in [0.29, 0.717) is 22.5 Å². The van der Waals surface area contributed by atoms with Crippen LogP contribution < -0.4 is 31.1 Å². The number of para-hydroxylation sites is 1. The fourth-order valence-electron chi connectivity index (χ4n) is 2.25. The van der Waals surface area contributed by atoms with Gasteiger partial charge in [-0.05, 0) is 25.5 Å². The Morgan fingerprint density at radius 3 is 2.78 bits per heavy atom. The van der Waals surface area contributed by atoms with Crippen LogP contribution in [-0.4, -0.2) is 17.1 Å². The number of nitrogens with zero attached hydrogens (tertiary/aromatic N) is 2. The van der Waals surface area contributed by atoms with E-state index in [-0.39, 0.29) is 5.56 Å². The van der Waals surface area contributed by atoms with Crippen LogP contribution in [0.5, 0.6) is 0 Å². The summed E-state index contributed by atoms with van der Waals surface area (Å²) < 4.78 is 2.24. The Labute approximate surface area is 136 Å². The summed E-state index contributed by atoms with van der Waals surface area (Å²) in [5.74, 6) is 0. The van der Waals surface area contributed by atoms with E-state index in [1.54, 1.807) is 23.6 Å². The number of anilines is 1. The Hall–Kier alpha value is -2.61. The molecule has 1 aromatic carbocycles. The Morgan fingerprint density at radius 2 is 2.04 bits per heavy atom. The van der Waals surface area contributed by atoms with Gasteiger partial charge in [-0.3, -0.25) is 25.2 Å². The quantitative estimate of drug-likeness (QED) is 0.711. The molecule has 0 aliphatic carbocycles. The smallest absolute Gasteiger partial charge is 0.307 e. The summed E-state index contributed by atoms with van der Waals surface area (Å²) in [4.78, 5) is 29.2. The molecule has 2 amide bonds. The third-order valence-electron chi connectivity index (χ3n) is 3.39. The highest BCUT2D eigenvalue weighted by Gasteiger charge is 2.10. The second-order valence-corrected chi connectivity index (χ2v) is 6.08. The number of aromatic nitrogens is 1. The van der Waals surface area contributed by atoms with Gasteiger partial charge in [-0.15, -0.1) is 0 Å². The monoisotopic (exact) mass is 331 g/mol. The highest BCUT2D eigenvalue weighted by molar-refractivity contribution is 7.07. The lowest BCUT2D eigenvalue weighted by Crippen LogP contribution is -2.42. The molecule has 0 bridgehead atoms. The molecule has 0 unspecified atom stereocenters. The van der Waals surface area contributed by atoms with Crippen LogP contribution in [0.15, 0.2) is 40.1 Å². The van der Waals surface area contributed by atoms with Gasteiger partial charge in [0.2, 0.25) is 0 Å². The zero-order valence-corrected chi connectivity index (χ0v) is 13.4. The van der Waals surface area contributed by atoms with E-state index in [1.165, 1.54) is 11.3 Å². The van der Waals surface area contributed by atoms with Crippen molar-refractivity contribution in [2.45, 2.75) is 19.9 Å². The van der Waals surface area contributed by atoms with Crippen molar-refractivity contribution in [1.29, 1.82) is 0 Å². The number of urea groups is 1. The van der Waals surface area contributed by atoms with Gasteiger partial charge in [0.05, 0.1) is 5.70 Å². The second-order valence-electron chi connectivity index (χ2n) is 5.10. The molecule has 7 nitrogen and oxygen atoms in total. The molecular formula is C15H17N5O2S. The summed E-state index contributed by atoms with van der Waals surface area (Å²) in [7, 11) is 0. The van der Waals surface area contributed by atoms with Crippen molar-refractivity contribution in [3.8, 4) is 0 Å². The van der Waals surface area contributed by atoms with E-state index < -0.39 is 6.03 Å². The highest BCUT2D eigenvalue weighted by Crippen LogP contribution is 2.03. The predicted molar refractivity (Wildman–Crippen MR) is 89.7 cm³/mol. The van der Waals surface area contributed by atoms with Crippen molar-refractivity contribution in [1.82, 2.24) is 15.4 Å². The minimum absolute atomic E-state index is 0.0660. The zero-order chi connectivity index (χ0) is 16.2. The number of benzene rings is 1. The summed E-state index contributed by atoms with van der Waals surface area (Å²) in [6.07, 6.45) is 0.882. The van der Waals surface area contributed by atoms with Crippen LogP contribution in [0.4, 0.5) is 10.5 Å². The van der Waals surface area contributed by atoms with Crippen LogP contribution >= 0.6 is 11.3 Å². The van der Waals surface area contributed by atoms with Gasteiger partial charge in [0.1, 0.15) is 4.53 Å². The van der Waals surface area contributed by atoms with Crippen LogP contribution in [0.3, 0.4) is 0 Å². The first kappa shape index (κ1) is 15.3. The van der Waals surface area contributed by atoms with Gasteiger partial charge in [0.15, 0.2) is 4.80 Å². The van der Waals surface area contributed by atoms with Crippen LogP contribution in [0.1, 0.15) is 13.3 Å². The molecule has 3 N–H and O–H groups in total. The van der Waals surface area contributed by atoms with Gasteiger partial charge in [0.25, 0.3) is 5.56 Å². The van der Waals surface area contributed by atoms with Gasteiger partial charge >= 0.3 is 6.03 Å². The largest absolute Gasteiger partial charge is 0.337 e. The number of amides is 2.